The Labute approximate surface area is 185 Å². The number of benzene rings is 3. The lowest BCUT2D eigenvalue weighted by Gasteiger charge is -2.39. The lowest BCUT2D eigenvalue weighted by atomic mass is 9.69. The Hall–Kier alpha value is -2.78. The molecule has 2 aliphatic rings. The molecule has 3 aromatic carbocycles. The van der Waals surface area contributed by atoms with E-state index in [1.165, 1.54) is 28.7 Å². The summed E-state index contributed by atoms with van der Waals surface area (Å²) in [6.07, 6.45) is 3.59. The van der Waals surface area contributed by atoms with Gasteiger partial charge in [0, 0.05) is 19.0 Å². The first-order valence-electron chi connectivity index (χ1n) is 11.6. The van der Waals surface area contributed by atoms with Gasteiger partial charge in [-0.15, -0.1) is 0 Å². The van der Waals surface area contributed by atoms with Crippen molar-refractivity contribution in [3.05, 3.63) is 95.1 Å². The number of aryl methyl sites for hydroxylation is 1. The molecule has 31 heavy (non-hydrogen) atoms. The van der Waals surface area contributed by atoms with Gasteiger partial charge in [-0.05, 0) is 78.2 Å². The zero-order valence-corrected chi connectivity index (χ0v) is 18.2. The maximum Gasteiger partial charge on any atom is 0.124 e. The molecule has 3 heteroatoms. The molecule has 1 fully saturated rings. The summed E-state index contributed by atoms with van der Waals surface area (Å²) in [5.41, 5.74) is 5.30. The smallest absolute Gasteiger partial charge is 0.124 e. The first-order chi connectivity index (χ1) is 15.2. The zero-order valence-electron chi connectivity index (χ0n) is 18.2. The summed E-state index contributed by atoms with van der Waals surface area (Å²) in [6.45, 7) is 5.45. The van der Waals surface area contributed by atoms with E-state index in [-0.39, 0.29) is 5.92 Å². The largest absolute Gasteiger partial charge is 0.508 e. The number of hydrogen-bond acceptors (Lipinski definition) is 3. The van der Waals surface area contributed by atoms with Crippen molar-refractivity contribution in [1.82, 2.24) is 4.90 Å². The molecule has 2 atom stereocenters. The van der Waals surface area contributed by atoms with Crippen LogP contribution in [0.2, 0.25) is 0 Å². The summed E-state index contributed by atoms with van der Waals surface area (Å²) in [7, 11) is 0. The van der Waals surface area contributed by atoms with Crippen molar-refractivity contribution in [2.24, 2.45) is 0 Å². The molecule has 1 aliphatic heterocycles. The summed E-state index contributed by atoms with van der Waals surface area (Å²) in [6, 6.07) is 25.5. The minimum atomic E-state index is 0.282. The molecule has 1 heterocycles. The van der Waals surface area contributed by atoms with E-state index >= 15 is 0 Å². The Balaban J connectivity index is 1.40. The van der Waals surface area contributed by atoms with Gasteiger partial charge in [-0.25, -0.2) is 0 Å². The molecular weight excluding hydrogens is 382 g/mol. The van der Waals surface area contributed by atoms with Crippen LogP contribution in [0.25, 0.3) is 0 Å². The predicted molar refractivity (Wildman–Crippen MR) is 125 cm³/mol. The van der Waals surface area contributed by atoms with Crippen molar-refractivity contribution in [2.75, 3.05) is 19.6 Å². The van der Waals surface area contributed by atoms with Crippen LogP contribution in [0.4, 0.5) is 0 Å². The number of ether oxygens (including phenoxy) is 1. The quantitative estimate of drug-likeness (QED) is 0.560. The molecule has 0 saturated carbocycles. The number of hydrogen-bond donors (Lipinski definition) is 1. The number of fused-ring (bicyclic) bond motifs is 1. The molecule has 3 nitrogen and oxygen atoms in total. The van der Waals surface area contributed by atoms with Gasteiger partial charge in [-0.2, -0.15) is 0 Å². The summed E-state index contributed by atoms with van der Waals surface area (Å²) in [5, 5.41) is 10.0. The van der Waals surface area contributed by atoms with Gasteiger partial charge in [0.25, 0.3) is 0 Å². The number of aromatic hydroxyl groups is 1. The third kappa shape index (κ3) is 4.20. The maximum atomic E-state index is 10.0. The average Bonchev–Trinajstić information content (AvgIpc) is 2.78. The highest BCUT2D eigenvalue weighted by atomic mass is 16.5. The van der Waals surface area contributed by atoms with E-state index < -0.39 is 0 Å². The highest BCUT2D eigenvalue weighted by molar-refractivity contribution is 5.48. The predicted octanol–water partition coefficient (Wildman–Crippen LogP) is 5.73. The minimum absolute atomic E-state index is 0.282. The van der Waals surface area contributed by atoms with E-state index in [1.807, 2.05) is 12.1 Å². The van der Waals surface area contributed by atoms with Crippen LogP contribution < -0.4 is 4.74 Å². The molecule has 160 valence electrons. The molecule has 0 aromatic heterocycles. The second-order valence-electron chi connectivity index (χ2n) is 8.99. The fraction of sp³-hybridized carbons (Fsp3) is 0.357. The molecule has 5 rings (SSSR count). The van der Waals surface area contributed by atoms with Crippen LogP contribution in [0.5, 0.6) is 11.5 Å². The molecule has 0 amide bonds. The second-order valence-corrected chi connectivity index (χ2v) is 8.99. The van der Waals surface area contributed by atoms with Gasteiger partial charge < -0.3 is 9.84 Å². The van der Waals surface area contributed by atoms with Crippen molar-refractivity contribution in [1.29, 1.82) is 0 Å². The second kappa shape index (κ2) is 8.76. The Morgan fingerprint density at radius 3 is 2.45 bits per heavy atom. The van der Waals surface area contributed by atoms with E-state index in [0.29, 0.717) is 17.8 Å². The van der Waals surface area contributed by atoms with Crippen molar-refractivity contribution >= 4 is 0 Å². The van der Waals surface area contributed by atoms with E-state index in [2.05, 4.69) is 72.5 Å². The van der Waals surface area contributed by atoms with Gasteiger partial charge in [0.05, 0.1) is 0 Å². The Morgan fingerprint density at radius 2 is 1.71 bits per heavy atom. The summed E-state index contributed by atoms with van der Waals surface area (Å²) in [4.78, 5) is 2.44. The summed E-state index contributed by atoms with van der Waals surface area (Å²) < 4.78 is 6.19. The molecule has 0 bridgehead atoms. The van der Waals surface area contributed by atoms with Gasteiger partial charge in [0.15, 0.2) is 0 Å². The highest BCUT2D eigenvalue weighted by Gasteiger charge is 2.32. The van der Waals surface area contributed by atoms with Crippen LogP contribution in [0, 0.1) is 0 Å². The van der Waals surface area contributed by atoms with E-state index in [4.69, 9.17) is 4.74 Å². The van der Waals surface area contributed by atoms with Crippen LogP contribution in [0.15, 0.2) is 72.8 Å². The van der Waals surface area contributed by atoms with Gasteiger partial charge in [0.1, 0.15) is 17.6 Å². The Morgan fingerprint density at radius 1 is 0.935 bits per heavy atom. The van der Waals surface area contributed by atoms with Crippen LogP contribution in [-0.4, -0.2) is 35.7 Å². The highest BCUT2D eigenvalue weighted by Crippen LogP contribution is 2.47. The van der Waals surface area contributed by atoms with Crippen LogP contribution >= 0.6 is 0 Å². The molecule has 1 saturated heterocycles. The van der Waals surface area contributed by atoms with Crippen molar-refractivity contribution in [2.45, 2.75) is 44.1 Å². The van der Waals surface area contributed by atoms with Gasteiger partial charge in [-0.3, -0.25) is 4.90 Å². The number of likely N-dealkylation sites (tertiary alicyclic amines) is 1. The zero-order chi connectivity index (χ0) is 21.2. The van der Waals surface area contributed by atoms with Crippen LogP contribution in [0.1, 0.15) is 53.9 Å². The van der Waals surface area contributed by atoms with Crippen molar-refractivity contribution < 1.29 is 9.84 Å². The molecule has 0 spiro atoms. The van der Waals surface area contributed by atoms with Gasteiger partial charge in [-0.1, -0.05) is 55.5 Å². The summed E-state index contributed by atoms with van der Waals surface area (Å²) >= 11 is 0. The number of nitrogens with zero attached hydrogens (tertiary/aromatic N) is 1. The third-order valence-electron chi connectivity index (χ3n) is 6.82. The number of phenols is 1. The van der Waals surface area contributed by atoms with Crippen molar-refractivity contribution in [3.8, 4) is 11.5 Å². The minimum Gasteiger partial charge on any atom is -0.508 e. The first-order valence-corrected chi connectivity index (χ1v) is 11.6. The molecular formula is C28H31NO2. The van der Waals surface area contributed by atoms with Gasteiger partial charge >= 0.3 is 0 Å². The Bertz CT molecular complexity index is 1010. The first kappa shape index (κ1) is 20.1. The average molecular weight is 414 g/mol. The molecule has 2 unspecified atom stereocenters. The fourth-order valence-corrected chi connectivity index (χ4v) is 5.32. The maximum absolute atomic E-state index is 10.0. The molecule has 0 radical (unpaired) electrons. The fourth-order valence-electron chi connectivity index (χ4n) is 5.32. The monoisotopic (exact) mass is 413 g/mol. The lowest BCUT2D eigenvalue weighted by molar-refractivity contribution is 0.0202. The van der Waals surface area contributed by atoms with E-state index in [1.54, 1.807) is 0 Å². The van der Waals surface area contributed by atoms with Crippen LogP contribution in [0.3, 0.4) is 0 Å². The van der Waals surface area contributed by atoms with Gasteiger partial charge in [0.2, 0.25) is 0 Å². The Kier molecular flexibility index (Phi) is 5.69. The standard InChI is InChI=1S/C28H31NO2/c1-2-16-29-18-25(19-29)31-24-12-8-21(9-13-24)28-26(20-6-4-3-5-7-20)14-10-22-17-23(30)11-15-27(22)28/h3-9,11-13,15,17,25-26,28,30H,2,10,14,16,18-19H2,1H3. The summed E-state index contributed by atoms with van der Waals surface area (Å²) in [5.74, 6) is 2.03. The van der Waals surface area contributed by atoms with Crippen molar-refractivity contribution in [3.63, 3.8) is 0 Å². The molecule has 3 aromatic rings. The molecule has 1 aliphatic carbocycles. The molecule has 1 N–H and O–H groups in total. The number of rotatable bonds is 6. The normalized spacial score (nSPS) is 21.3. The third-order valence-corrected chi connectivity index (χ3v) is 6.82. The van der Waals surface area contributed by atoms with E-state index in [9.17, 15) is 5.11 Å². The SMILES string of the molecule is CCCN1CC(Oc2ccc(C3c4ccc(O)cc4CCC3c3ccccc3)cc2)C1. The van der Waals surface area contributed by atoms with Crippen LogP contribution in [-0.2, 0) is 6.42 Å². The van der Waals surface area contributed by atoms with E-state index in [0.717, 1.165) is 38.2 Å². The lowest BCUT2D eigenvalue weighted by Crippen LogP contribution is -2.53. The topological polar surface area (TPSA) is 32.7 Å². The number of phenolic OH excluding ortho intramolecular Hbond substituents is 1.